The molecule has 6 heteroatoms. The lowest BCUT2D eigenvalue weighted by atomic mass is 9.50. The van der Waals surface area contributed by atoms with Crippen LogP contribution < -0.4 is 5.73 Å². The van der Waals surface area contributed by atoms with E-state index in [1.54, 1.807) is 11.3 Å². The maximum Gasteiger partial charge on any atom is 0.180 e. The summed E-state index contributed by atoms with van der Waals surface area (Å²) in [6, 6.07) is 0.668. The molecule has 2 fully saturated rings. The van der Waals surface area contributed by atoms with Crippen LogP contribution in [0.25, 0.3) is 0 Å². The number of aromatic nitrogens is 1. The molecule has 2 aliphatic carbocycles. The molecule has 2 atom stereocenters. The largest absolute Gasteiger partial charge is 0.378 e. The van der Waals surface area contributed by atoms with E-state index in [0.717, 1.165) is 13.2 Å². The van der Waals surface area contributed by atoms with E-state index in [-0.39, 0.29) is 12.4 Å². The molecule has 0 aliphatic heterocycles. The first kappa shape index (κ1) is 16.0. The second-order valence-corrected chi connectivity index (χ2v) is 7.01. The van der Waals surface area contributed by atoms with Crippen LogP contribution in [0.3, 0.4) is 0 Å². The summed E-state index contributed by atoms with van der Waals surface area (Å²) in [5, 5.41) is 0.669. The van der Waals surface area contributed by atoms with E-state index in [1.165, 1.54) is 30.6 Å². The van der Waals surface area contributed by atoms with Gasteiger partial charge >= 0.3 is 0 Å². The second kappa shape index (κ2) is 6.18. The molecule has 4 nitrogen and oxygen atoms in total. The molecule has 2 unspecified atom stereocenters. The van der Waals surface area contributed by atoms with Crippen LogP contribution in [-0.2, 0) is 11.3 Å². The normalized spacial score (nSPS) is 26.9. The molecule has 2 N–H and O–H groups in total. The highest BCUT2D eigenvalue weighted by Gasteiger charge is 2.59. The first-order valence-corrected chi connectivity index (χ1v) is 7.99. The fraction of sp³-hybridized carbons (Fsp3) is 0.786. The van der Waals surface area contributed by atoms with Crippen LogP contribution in [0.4, 0.5) is 5.13 Å². The lowest BCUT2D eigenvalue weighted by Crippen LogP contribution is -2.66. The summed E-state index contributed by atoms with van der Waals surface area (Å²) < 4.78 is 5.91. The Kier molecular flexibility index (Phi) is 4.95. The second-order valence-electron chi connectivity index (χ2n) is 5.86. The Hall–Kier alpha value is -0.360. The lowest BCUT2D eigenvalue weighted by molar-refractivity contribution is -0.201. The van der Waals surface area contributed by atoms with Gasteiger partial charge in [-0.2, -0.15) is 0 Å². The fourth-order valence-corrected chi connectivity index (χ4v) is 4.52. The van der Waals surface area contributed by atoms with Crippen molar-refractivity contribution in [3.63, 3.8) is 0 Å². The fourth-order valence-electron chi connectivity index (χ4n) is 3.77. The van der Waals surface area contributed by atoms with Crippen molar-refractivity contribution in [3.05, 3.63) is 11.1 Å². The summed E-state index contributed by atoms with van der Waals surface area (Å²) in [6.07, 6.45) is 7.60. The third-order valence-electron chi connectivity index (χ3n) is 4.90. The van der Waals surface area contributed by atoms with E-state index < -0.39 is 0 Å². The van der Waals surface area contributed by atoms with E-state index in [2.05, 4.69) is 23.9 Å². The summed E-state index contributed by atoms with van der Waals surface area (Å²) in [5.74, 6) is 0. The Bertz CT molecular complexity index is 449. The van der Waals surface area contributed by atoms with Crippen molar-refractivity contribution in [2.24, 2.45) is 5.41 Å². The average Bonchev–Trinajstić information content (AvgIpc) is 2.67. The Morgan fingerprint density at radius 1 is 1.55 bits per heavy atom. The molecule has 0 aromatic carbocycles. The highest BCUT2D eigenvalue weighted by Crippen LogP contribution is 2.59. The van der Waals surface area contributed by atoms with Crippen molar-refractivity contribution in [1.29, 1.82) is 0 Å². The predicted molar refractivity (Wildman–Crippen MR) is 85.3 cm³/mol. The van der Waals surface area contributed by atoms with Gasteiger partial charge in [-0.25, -0.2) is 4.98 Å². The number of anilines is 1. The topological polar surface area (TPSA) is 51.4 Å². The van der Waals surface area contributed by atoms with Gasteiger partial charge in [0, 0.05) is 35.7 Å². The Balaban J connectivity index is 0.00000147. The molecule has 1 aromatic heterocycles. The van der Waals surface area contributed by atoms with Gasteiger partial charge in [-0.05, 0) is 33.2 Å². The third kappa shape index (κ3) is 2.56. The summed E-state index contributed by atoms with van der Waals surface area (Å²) in [4.78, 5) is 7.87. The van der Waals surface area contributed by atoms with Crippen LogP contribution in [-0.4, -0.2) is 35.7 Å². The lowest BCUT2D eigenvalue weighted by Gasteiger charge is -2.63. The molecule has 0 saturated heterocycles. The highest BCUT2D eigenvalue weighted by atomic mass is 35.5. The molecule has 0 amide bonds. The van der Waals surface area contributed by atoms with Crippen molar-refractivity contribution < 1.29 is 4.74 Å². The monoisotopic (exact) mass is 317 g/mol. The van der Waals surface area contributed by atoms with Gasteiger partial charge in [-0.15, -0.1) is 23.7 Å². The maximum absolute atomic E-state index is 5.91. The zero-order chi connectivity index (χ0) is 13.5. The SMILES string of the molecule is CCOC1CC(N(C)Cc2cnc(N)s2)C12CCC2.Cl. The number of thiazole rings is 1. The molecular weight excluding hydrogens is 294 g/mol. The number of nitrogens with two attached hydrogens (primary N) is 1. The summed E-state index contributed by atoms with van der Waals surface area (Å²) in [6.45, 7) is 3.90. The van der Waals surface area contributed by atoms with Crippen molar-refractivity contribution >= 4 is 28.9 Å². The van der Waals surface area contributed by atoms with Crippen LogP contribution in [0.5, 0.6) is 0 Å². The first-order valence-electron chi connectivity index (χ1n) is 7.18. The summed E-state index contributed by atoms with van der Waals surface area (Å²) in [7, 11) is 2.23. The van der Waals surface area contributed by atoms with Gasteiger partial charge in [-0.1, -0.05) is 6.42 Å². The van der Waals surface area contributed by atoms with E-state index in [0.29, 0.717) is 22.7 Å². The van der Waals surface area contributed by atoms with Crippen LogP contribution in [0.1, 0.15) is 37.5 Å². The zero-order valence-electron chi connectivity index (χ0n) is 12.2. The van der Waals surface area contributed by atoms with Gasteiger partial charge in [0.1, 0.15) is 0 Å². The zero-order valence-corrected chi connectivity index (χ0v) is 13.8. The van der Waals surface area contributed by atoms with Crippen LogP contribution >= 0.6 is 23.7 Å². The quantitative estimate of drug-likeness (QED) is 0.907. The van der Waals surface area contributed by atoms with Gasteiger partial charge in [0.15, 0.2) is 5.13 Å². The highest BCUT2D eigenvalue weighted by molar-refractivity contribution is 7.15. The van der Waals surface area contributed by atoms with E-state index in [4.69, 9.17) is 10.5 Å². The molecule has 2 saturated carbocycles. The van der Waals surface area contributed by atoms with Gasteiger partial charge < -0.3 is 10.5 Å². The summed E-state index contributed by atoms with van der Waals surface area (Å²) >= 11 is 1.60. The maximum atomic E-state index is 5.91. The minimum Gasteiger partial charge on any atom is -0.378 e. The Morgan fingerprint density at radius 3 is 2.80 bits per heavy atom. The van der Waals surface area contributed by atoms with Crippen LogP contribution in [0.2, 0.25) is 0 Å². The average molecular weight is 318 g/mol. The van der Waals surface area contributed by atoms with Gasteiger partial charge in [0.2, 0.25) is 0 Å². The standard InChI is InChI=1S/C14H23N3OS.ClH/c1-3-18-12-7-11(14(12)5-4-6-14)17(2)9-10-8-16-13(15)19-10;/h8,11-12H,3-7,9H2,1-2H3,(H2,15,16);1H. The molecule has 2 aliphatic rings. The molecule has 3 rings (SSSR count). The van der Waals surface area contributed by atoms with E-state index >= 15 is 0 Å². The number of halogens is 1. The number of nitrogens with zero attached hydrogens (tertiary/aromatic N) is 2. The smallest absolute Gasteiger partial charge is 0.180 e. The first-order chi connectivity index (χ1) is 9.15. The number of ether oxygens (including phenoxy) is 1. The number of hydrogen-bond acceptors (Lipinski definition) is 5. The molecule has 1 aromatic rings. The van der Waals surface area contributed by atoms with Gasteiger partial charge in [0.05, 0.1) is 6.10 Å². The number of hydrogen-bond donors (Lipinski definition) is 1. The molecule has 1 spiro atoms. The van der Waals surface area contributed by atoms with Crippen molar-refractivity contribution in [3.8, 4) is 0 Å². The molecule has 0 bridgehead atoms. The van der Waals surface area contributed by atoms with Gasteiger partial charge in [-0.3, -0.25) is 4.90 Å². The Morgan fingerprint density at radius 2 is 2.30 bits per heavy atom. The number of rotatable bonds is 5. The summed E-state index contributed by atoms with van der Waals surface area (Å²) in [5.41, 5.74) is 6.14. The minimum absolute atomic E-state index is 0. The predicted octanol–water partition coefficient (Wildman–Crippen LogP) is 2.93. The molecule has 114 valence electrons. The molecular formula is C14H24ClN3OS. The number of nitrogen functional groups attached to an aromatic ring is 1. The molecule has 0 radical (unpaired) electrons. The molecule has 20 heavy (non-hydrogen) atoms. The van der Waals surface area contributed by atoms with Crippen molar-refractivity contribution in [2.75, 3.05) is 19.4 Å². The minimum atomic E-state index is 0. The van der Waals surface area contributed by atoms with E-state index in [1.807, 2.05) is 6.20 Å². The Labute approximate surface area is 131 Å². The van der Waals surface area contributed by atoms with Crippen molar-refractivity contribution in [1.82, 2.24) is 9.88 Å². The third-order valence-corrected chi connectivity index (χ3v) is 5.71. The van der Waals surface area contributed by atoms with Gasteiger partial charge in [0.25, 0.3) is 0 Å². The van der Waals surface area contributed by atoms with Crippen LogP contribution in [0.15, 0.2) is 6.20 Å². The van der Waals surface area contributed by atoms with Crippen LogP contribution in [0, 0.1) is 5.41 Å². The van der Waals surface area contributed by atoms with E-state index in [9.17, 15) is 0 Å². The van der Waals surface area contributed by atoms with Crippen molar-refractivity contribution in [2.45, 2.75) is 51.3 Å². The molecule has 1 heterocycles.